The Kier molecular flexibility index (Phi) is 8.90. The van der Waals surface area contributed by atoms with Gasteiger partial charge in [-0.15, -0.1) is 0 Å². The van der Waals surface area contributed by atoms with Crippen molar-refractivity contribution in [2.24, 2.45) is 0 Å². The number of aliphatic hydroxyl groups excluding tert-OH is 6. The van der Waals surface area contributed by atoms with Gasteiger partial charge in [-0.25, -0.2) is 0 Å². The Morgan fingerprint density at radius 2 is 1.45 bits per heavy atom. The Hall–Kier alpha value is -3.71. The molecule has 0 aliphatic carbocycles. The molecule has 9 N–H and O–H groups in total. The van der Waals surface area contributed by atoms with Crippen molar-refractivity contribution in [3.8, 4) is 40.1 Å². The van der Waals surface area contributed by atoms with E-state index >= 15 is 0 Å². The molecule has 44 heavy (non-hydrogen) atoms. The van der Waals surface area contributed by atoms with Crippen molar-refractivity contribution in [1.82, 2.24) is 0 Å². The van der Waals surface area contributed by atoms with Crippen LogP contribution in [0, 0.1) is 0 Å². The zero-order chi connectivity index (χ0) is 32.0. The molecule has 0 amide bonds. The summed E-state index contributed by atoms with van der Waals surface area (Å²) in [7, 11) is 1.32. The maximum Gasteiger partial charge on any atom is 0.239 e. The monoisotopic (exact) mass is 624 g/mol. The van der Waals surface area contributed by atoms with Crippen molar-refractivity contribution in [2.45, 2.75) is 68.3 Å². The van der Waals surface area contributed by atoms with Crippen molar-refractivity contribution >= 4 is 11.0 Å². The van der Waals surface area contributed by atoms with E-state index in [-0.39, 0.29) is 28.0 Å². The first-order chi connectivity index (χ1) is 20.8. The van der Waals surface area contributed by atoms with Crippen molar-refractivity contribution in [1.29, 1.82) is 0 Å². The highest BCUT2D eigenvalue weighted by Gasteiger charge is 2.47. The average Bonchev–Trinajstić information content (AvgIpc) is 3.00. The predicted molar refractivity (Wildman–Crippen MR) is 145 cm³/mol. The minimum absolute atomic E-state index is 0.0145. The van der Waals surface area contributed by atoms with Crippen molar-refractivity contribution in [2.75, 3.05) is 13.7 Å². The van der Waals surface area contributed by atoms with Gasteiger partial charge < -0.3 is 74.1 Å². The quantitative estimate of drug-likeness (QED) is 0.137. The van der Waals surface area contributed by atoms with E-state index in [1.807, 2.05) is 0 Å². The molecule has 0 saturated carbocycles. The number of hydrogen-bond donors (Lipinski definition) is 9. The summed E-state index contributed by atoms with van der Waals surface area (Å²) >= 11 is 0. The van der Waals surface area contributed by atoms with Crippen LogP contribution in [0.25, 0.3) is 22.3 Å². The third-order valence-corrected chi connectivity index (χ3v) is 7.52. The van der Waals surface area contributed by atoms with E-state index in [4.69, 9.17) is 28.1 Å². The lowest BCUT2D eigenvalue weighted by molar-refractivity contribution is -0.318. The van der Waals surface area contributed by atoms with E-state index in [1.165, 1.54) is 26.2 Å². The largest absolute Gasteiger partial charge is 0.507 e. The van der Waals surface area contributed by atoms with Gasteiger partial charge in [-0.3, -0.25) is 4.79 Å². The molecule has 2 saturated heterocycles. The highest BCUT2D eigenvalue weighted by atomic mass is 16.7. The van der Waals surface area contributed by atoms with Gasteiger partial charge in [-0.05, 0) is 25.1 Å². The number of phenolic OH excluding ortho intramolecular Hbond substituents is 3. The molecular formula is C28H32O16. The van der Waals surface area contributed by atoms with Crippen LogP contribution in [0.2, 0.25) is 0 Å². The van der Waals surface area contributed by atoms with Crippen LogP contribution < -0.4 is 14.9 Å². The lowest BCUT2D eigenvalue weighted by Crippen LogP contribution is -2.61. The van der Waals surface area contributed by atoms with Crippen LogP contribution in [0.5, 0.6) is 28.7 Å². The van der Waals surface area contributed by atoms with Gasteiger partial charge in [0.1, 0.15) is 65.2 Å². The fourth-order valence-corrected chi connectivity index (χ4v) is 4.95. The normalized spacial score (nSPS) is 32.5. The first kappa shape index (κ1) is 31.7. The highest BCUT2D eigenvalue weighted by Crippen LogP contribution is 2.39. The molecule has 2 aliphatic rings. The molecule has 240 valence electrons. The summed E-state index contributed by atoms with van der Waals surface area (Å²) in [6.07, 6.45) is -16.0. The van der Waals surface area contributed by atoms with E-state index in [9.17, 15) is 50.8 Å². The van der Waals surface area contributed by atoms with Gasteiger partial charge >= 0.3 is 0 Å². The minimum atomic E-state index is -1.95. The third-order valence-electron chi connectivity index (χ3n) is 7.52. The molecule has 3 aromatic rings. The number of aliphatic hydroxyl groups is 6. The Balaban J connectivity index is 1.49. The van der Waals surface area contributed by atoms with Crippen LogP contribution >= 0.6 is 0 Å². The van der Waals surface area contributed by atoms with Gasteiger partial charge in [0, 0.05) is 17.7 Å². The van der Waals surface area contributed by atoms with Crippen molar-refractivity contribution in [3.05, 3.63) is 40.6 Å². The van der Waals surface area contributed by atoms with E-state index in [0.717, 1.165) is 18.2 Å². The van der Waals surface area contributed by atoms with Gasteiger partial charge in [0.05, 0.1) is 19.8 Å². The molecule has 16 heteroatoms. The molecule has 1 aromatic heterocycles. The number of benzene rings is 2. The Morgan fingerprint density at radius 1 is 0.773 bits per heavy atom. The Bertz CT molecular complexity index is 1560. The number of aromatic hydroxyl groups is 3. The summed E-state index contributed by atoms with van der Waals surface area (Å²) in [6.45, 7) is 0.841. The van der Waals surface area contributed by atoms with Crippen LogP contribution in [-0.4, -0.2) is 121 Å². The van der Waals surface area contributed by atoms with Crippen LogP contribution in [-0.2, 0) is 14.2 Å². The molecule has 0 unspecified atom stereocenters. The number of phenols is 3. The smallest absolute Gasteiger partial charge is 0.239 e. The summed E-state index contributed by atoms with van der Waals surface area (Å²) in [5.74, 6) is -2.44. The standard InChI is InChI=1S/C28H32O16/c1-9-18(32)21(35)23(37)27(41-9)40-8-16-19(33)22(36)24(38)28(43-16)44-26-20(34)17-14(31)6-11(39-2)7-15(17)42-25(26)10-3-4-12(29)13(30)5-10/h3-7,9,16,18-19,21-24,27-33,35-38H,8H2,1-2H3/t9-,16+,18-,19-,21+,22-,23+,24+,27+,28-/m0/s1. The maximum atomic E-state index is 13.7. The second-order valence-electron chi connectivity index (χ2n) is 10.5. The first-order valence-electron chi connectivity index (χ1n) is 13.4. The number of ether oxygens (including phenoxy) is 5. The Morgan fingerprint density at radius 3 is 2.14 bits per heavy atom. The molecule has 0 bridgehead atoms. The van der Waals surface area contributed by atoms with E-state index in [0.29, 0.717) is 0 Å². The lowest BCUT2D eigenvalue weighted by Gasteiger charge is -2.42. The van der Waals surface area contributed by atoms with Crippen LogP contribution in [0.1, 0.15) is 6.92 Å². The topological polar surface area (TPSA) is 258 Å². The average molecular weight is 625 g/mol. The summed E-state index contributed by atoms with van der Waals surface area (Å²) < 4.78 is 33.2. The molecule has 10 atom stereocenters. The third kappa shape index (κ3) is 5.74. The highest BCUT2D eigenvalue weighted by molar-refractivity contribution is 5.88. The first-order valence-corrected chi connectivity index (χ1v) is 13.4. The molecule has 2 fully saturated rings. The number of fused-ring (bicyclic) bond motifs is 1. The molecule has 2 aromatic carbocycles. The summed E-state index contributed by atoms with van der Waals surface area (Å²) in [4.78, 5) is 13.7. The van der Waals surface area contributed by atoms with E-state index in [2.05, 4.69) is 0 Å². The molecular weight excluding hydrogens is 592 g/mol. The zero-order valence-electron chi connectivity index (χ0n) is 23.3. The van der Waals surface area contributed by atoms with Crippen LogP contribution in [0.3, 0.4) is 0 Å². The minimum Gasteiger partial charge on any atom is -0.507 e. The van der Waals surface area contributed by atoms with Gasteiger partial charge in [-0.1, -0.05) is 0 Å². The summed E-state index contributed by atoms with van der Waals surface area (Å²) in [6, 6.07) is 5.90. The number of methoxy groups -OCH3 is 1. The maximum absolute atomic E-state index is 13.7. The Labute approximate surface area is 248 Å². The fraction of sp³-hybridized carbons (Fsp3) is 0.464. The summed E-state index contributed by atoms with van der Waals surface area (Å²) in [5.41, 5.74) is -1.10. The van der Waals surface area contributed by atoms with E-state index in [1.54, 1.807) is 0 Å². The van der Waals surface area contributed by atoms with Crippen LogP contribution in [0.4, 0.5) is 0 Å². The van der Waals surface area contributed by atoms with Gasteiger partial charge in [0.15, 0.2) is 23.5 Å². The lowest BCUT2D eigenvalue weighted by atomic mass is 9.98. The molecule has 0 spiro atoms. The predicted octanol–water partition coefficient (Wildman–Crippen LogP) is -1.38. The van der Waals surface area contributed by atoms with Gasteiger partial charge in [0.25, 0.3) is 0 Å². The van der Waals surface area contributed by atoms with Crippen LogP contribution in [0.15, 0.2) is 39.5 Å². The SMILES string of the molecule is COc1cc(O)c2c(=O)c(O[C@@H]3O[C@H](CO[C@@H]4O[C@@H](C)[C@H](O)[C@@H](O)[C@H]4O)[C@H](O)[C@H](O)[C@H]3O)c(-c3ccc(O)c(O)c3)oc2c1. The molecule has 3 heterocycles. The van der Waals surface area contributed by atoms with Gasteiger partial charge in [-0.2, -0.15) is 0 Å². The molecule has 5 rings (SSSR count). The van der Waals surface area contributed by atoms with E-state index < -0.39 is 96.4 Å². The fourth-order valence-electron chi connectivity index (χ4n) is 4.95. The van der Waals surface area contributed by atoms with Crippen molar-refractivity contribution in [3.63, 3.8) is 0 Å². The number of hydrogen-bond acceptors (Lipinski definition) is 16. The second-order valence-corrected chi connectivity index (χ2v) is 10.5. The van der Waals surface area contributed by atoms with Gasteiger partial charge in [0.2, 0.25) is 17.5 Å². The number of rotatable bonds is 7. The summed E-state index contributed by atoms with van der Waals surface area (Å²) in [5, 5.41) is 92.1. The van der Waals surface area contributed by atoms with Crippen molar-refractivity contribution < 1.29 is 74.1 Å². The molecule has 16 nitrogen and oxygen atoms in total. The second kappa shape index (κ2) is 12.4. The zero-order valence-corrected chi connectivity index (χ0v) is 23.3. The molecule has 0 radical (unpaired) electrons. The molecule has 2 aliphatic heterocycles.